The molecule has 4 rings (SSSR count). The summed E-state index contributed by atoms with van der Waals surface area (Å²) in [5, 5.41) is 0. The number of rotatable bonds is 6. The molecule has 3 aromatic carbocycles. The zero-order valence-electron chi connectivity index (χ0n) is 15.4. The standard InChI is InChI=1S/C24H22N2S/c1-2-3-16-27-20-14-15-21-22(17-20)26-24(19-12-8-5-9-13-19)23(25-21)18-10-6-4-7-11-18/h4-15,17H,2-3,16H2,1H3. The van der Waals surface area contributed by atoms with Gasteiger partial charge in [0.25, 0.3) is 0 Å². The van der Waals surface area contributed by atoms with E-state index in [9.17, 15) is 0 Å². The molecular weight excluding hydrogens is 348 g/mol. The summed E-state index contributed by atoms with van der Waals surface area (Å²) < 4.78 is 0. The van der Waals surface area contributed by atoms with E-state index < -0.39 is 0 Å². The van der Waals surface area contributed by atoms with E-state index in [1.54, 1.807) is 0 Å². The third kappa shape index (κ3) is 4.04. The molecular formula is C24H22N2S. The predicted octanol–water partition coefficient (Wildman–Crippen LogP) is 6.86. The predicted molar refractivity (Wildman–Crippen MR) is 116 cm³/mol. The van der Waals surface area contributed by atoms with Crippen LogP contribution in [0.5, 0.6) is 0 Å². The highest BCUT2D eigenvalue weighted by Gasteiger charge is 2.13. The van der Waals surface area contributed by atoms with Crippen molar-refractivity contribution in [3.8, 4) is 22.5 Å². The van der Waals surface area contributed by atoms with E-state index in [-0.39, 0.29) is 0 Å². The number of fused-ring (bicyclic) bond motifs is 1. The van der Waals surface area contributed by atoms with Crippen LogP contribution in [-0.4, -0.2) is 15.7 Å². The first-order valence-electron chi connectivity index (χ1n) is 9.40. The lowest BCUT2D eigenvalue weighted by Crippen LogP contribution is -1.95. The molecule has 27 heavy (non-hydrogen) atoms. The molecule has 0 radical (unpaired) electrons. The molecule has 2 nitrogen and oxygen atoms in total. The van der Waals surface area contributed by atoms with Crippen LogP contribution in [0.4, 0.5) is 0 Å². The normalized spacial score (nSPS) is 11.0. The molecule has 0 saturated heterocycles. The van der Waals surface area contributed by atoms with Gasteiger partial charge in [-0.25, -0.2) is 9.97 Å². The molecule has 3 heteroatoms. The average Bonchev–Trinajstić information content (AvgIpc) is 2.74. The Balaban J connectivity index is 1.84. The summed E-state index contributed by atoms with van der Waals surface area (Å²) in [4.78, 5) is 11.3. The second-order valence-corrected chi connectivity index (χ2v) is 7.67. The fourth-order valence-corrected chi connectivity index (χ4v) is 4.08. The van der Waals surface area contributed by atoms with Crippen LogP contribution in [0.1, 0.15) is 19.8 Å². The maximum Gasteiger partial charge on any atom is 0.0973 e. The molecule has 0 saturated carbocycles. The summed E-state index contributed by atoms with van der Waals surface area (Å²) in [6.07, 6.45) is 2.45. The van der Waals surface area contributed by atoms with Crippen molar-refractivity contribution in [2.24, 2.45) is 0 Å². The third-order valence-corrected chi connectivity index (χ3v) is 5.58. The minimum atomic E-state index is 0.931. The van der Waals surface area contributed by atoms with Crippen LogP contribution in [0.2, 0.25) is 0 Å². The molecule has 0 aliphatic carbocycles. The fraction of sp³-hybridized carbons (Fsp3) is 0.167. The Bertz CT molecular complexity index is 1030. The van der Waals surface area contributed by atoms with Gasteiger partial charge in [-0.2, -0.15) is 0 Å². The van der Waals surface area contributed by atoms with Gasteiger partial charge in [0.2, 0.25) is 0 Å². The summed E-state index contributed by atoms with van der Waals surface area (Å²) in [6.45, 7) is 2.23. The Morgan fingerprint density at radius 3 is 1.89 bits per heavy atom. The van der Waals surface area contributed by atoms with Crippen LogP contribution in [-0.2, 0) is 0 Å². The molecule has 134 valence electrons. The Labute approximate surface area is 164 Å². The fourth-order valence-electron chi connectivity index (χ4n) is 3.05. The molecule has 4 aromatic rings. The first-order valence-corrected chi connectivity index (χ1v) is 10.4. The van der Waals surface area contributed by atoms with Crippen molar-refractivity contribution in [2.75, 3.05) is 5.75 Å². The van der Waals surface area contributed by atoms with Crippen molar-refractivity contribution < 1.29 is 0 Å². The van der Waals surface area contributed by atoms with E-state index in [1.807, 2.05) is 48.2 Å². The summed E-state index contributed by atoms with van der Waals surface area (Å²) in [5.41, 5.74) is 5.94. The first kappa shape index (κ1) is 17.7. The van der Waals surface area contributed by atoms with Gasteiger partial charge in [-0.1, -0.05) is 74.0 Å². The van der Waals surface area contributed by atoms with E-state index in [0.29, 0.717) is 0 Å². The molecule has 0 amide bonds. The number of benzene rings is 3. The topological polar surface area (TPSA) is 25.8 Å². The van der Waals surface area contributed by atoms with Crippen molar-refractivity contribution in [1.29, 1.82) is 0 Å². The lowest BCUT2D eigenvalue weighted by Gasteiger charge is -2.11. The number of aromatic nitrogens is 2. The van der Waals surface area contributed by atoms with Crippen LogP contribution in [0.3, 0.4) is 0 Å². The Morgan fingerprint density at radius 1 is 0.704 bits per heavy atom. The monoisotopic (exact) mass is 370 g/mol. The minimum Gasteiger partial charge on any atom is -0.244 e. The molecule has 0 unspecified atom stereocenters. The molecule has 0 spiro atoms. The van der Waals surface area contributed by atoms with Crippen LogP contribution in [0.15, 0.2) is 83.8 Å². The van der Waals surface area contributed by atoms with Gasteiger partial charge < -0.3 is 0 Å². The summed E-state index contributed by atoms with van der Waals surface area (Å²) in [7, 11) is 0. The molecule has 1 heterocycles. The smallest absolute Gasteiger partial charge is 0.0973 e. The van der Waals surface area contributed by atoms with Crippen LogP contribution in [0, 0.1) is 0 Å². The molecule has 0 N–H and O–H groups in total. The van der Waals surface area contributed by atoms with Crippen molar-refractivity contribution in [3.63, 3.8) is 0 Å². The maximum atomic E-state index is 5.03. The zero-order valence-corrected chi connectivity index (χ0v) is 16.2. The Kier molecular flexibility index (Phi) is 5.50. The van der Waals surface area contributed by atoms with Crippen molar-refractivity contribution in [3.05, 3.63) is 78.9 Å². The highest BCUT2D eigenvalue weighted by molar-refractivity contribution is 7.99. The van der Waals surface area contributed by atoms with E-state index >= 15 is 0 Å². The minimum absolute atomic E-state index is 0.931. The number of thioether (sulfide) groups is 1. The summed E-state index contributed by atoms with van der Waals surface area (Å²) in [5.74, 6) is 1.14. The summed E-state index contributed by atoms with van der Waals surface area (Å²) in [6, 6.07) is 27.1. The largest absolute Gasteiger partial charge is 0.244 e. The highest BCUT2D eigenvalue weighted by atomic mass is 32.2. The van der Waals surface area contributed by atoms with Gasteiger partial charge in [0.15, 0.2) is 0 Å². The number of hydrogen-bond donors (Lipinski definition) is 0. The van der Waals surface area contributed by atoms with Crippen molar-refractivity contribution >= 4 is 22.8 Å². The van der Waals surface area contributed by atoms with E-state index in [0.717, 1.165) is 39.3 Å². The van der Waals surface area contributed by atoms with Gasteiger partial charge in [0, 0.05) is 16.0 Å². The maximum absolute atomic E-state index is 5.03. The summed E-state index contributed by atoms with van der Waals surface area (Å²) >= 11 is 1.89. The lowest BCUT2D eigenvalue weighted by atomic mass is 10.0. The Hall–Kier alpha value is -2.65. The van der Waals surface area contributed by atoms with E-state index in [1.165, 1.54) is 17.7 Å². The van der Waals surface area contributed by atoms with Gasteiger partial charge in [-0.3, -0.25) is 0 Å². The Morgan fingerprint density at radius 2 is 1.30 bits per heavy atom. The number of hydrogen-bond acceptors (Lipinski definition) is 3. The van der Waals surface area contributed by atoms with Crippen molar-refractivity contribution in [2.45, 2.75) is 24.7 Å². The van der Waals surface area contributed by atoms with Crippen molar-refractivity contribution in [1.82, 2.24) is 9.97 Å². The average molecular weight is 371 g/mol. The second-order valence-electron chi connectivity index (χ2n) is 6.51. The van der Waals surface area contributed by atoms with E-state index in [2.05, 4.69) is 49.4 Å². The first-order chi connectivity index (χ1) is 13.3. The molecule has 0 fully saturated rings. The quantitative estimate of drug-likeness (QED) is 0.274. The van der Waals surface area contributed by atoms with Gasteiger partial charge in [0.1, 0.15) is 0 Å². The molecule has 0 atom stereocenters. The second kappa shape index (κ2) is 8.36. The number of unbranched alkanes of at least 4 members (excludes halogenated alkanes) is 1. The molecule has 0 aliphatic rings. The zero-order chi connectivity index (χ0) is 18.5. The lowest BCUT2D eigenvalue weighted by molar-refractivity contribution is 0.896. The van der Waals surface area contributed by atoms with Gasteiger partial charge in [0.05, 0.1) is 22.4 Å². The van der Waals surface area contributed by atoms with Gasteiger partial charge >= 0.3 is 0 Å². The van der Waals surface area contributed by atoms with Crippen LogP contribution < -0.4 is 0 Å². The molecule has 1 aromatic heterocycles. The van der Waals surface area contributed by atoms with Gasteiger partial charge in [-0.15, -0.1) is 11.8 Å². The van der Waals surface area contributed by atoms with Crippen LogP contribution in [0.25, 0.3) is 33.5 Å². The molecule has 0 aliphatic heterocycles. The third-order valence-electron chi connectivity index (χ3n) is 4.50. The highest BCUT2D eigenvalue weighted by Crippen LogP contribution is 2.32. The SMILES string of the molecule is CCCCSc1ccc2nc(-c3ccccc3)c(-c3ccccc3)nc2c1. The van der Waals surface area contributed by atoms with E-state index in [4.69, 9.17) is 9.97 Å². The van der Waals surface area contributed by atoms with Crippen LogP contribution >= 0.6 is 11.8 Å². The molecule has 0 bridgehead atoms. The number of nitrogens with zero attached hydrogens (tertiary/aromatic N) is 2. The van der Waals surface area contributed by atoms with Gasteiger partial charge in [-0.05, 0) is 30.4 Å².